The standard InChI is InChI=1S/C15H17BrN2O3/c16-10-5-9-8-21-4-3-18-13-1-2-17(15(19)20)7-12(13)11(6-10)14(9)18/h5-6,12-13H,1-4,7-8H2,(H,19,20)/t12-,13-/m0/s1. The summed E-state index contributed by atoms with van der Waals surface area (Å²) in [7, 11) is 0. The minimum absolute atomic E-state index is 0.277. The molecule has 3 heterocycles. The second kappa shape index (κ2) is 4.88. The van der Waals surface area contributed by atoms with E-state index in [9.17, 15) is 9.90 Å². The molecule has 0 aromatic heterocycles. The Balaban J connectivity index is 1.80. The maximum atomic E-state index is 11.3. The third-order valence-corrected chi connectivity index (χ3v) is 5.31. The summed E-state index contributed by atoms with van der Waals surface area (Å²) in [5, 5.41) is 9.28. The van der Waals surface area contributed by atoms with Crippen LogP contribution < -0.4 is 4.90 Å². The van der Waals surface area contributed by atoms with Gasteiger partial charge in [-0.15, -0.1) is 0 Å². The van der Waals surface area contributed by atoms with Crippen LogP contribution in [0.2, 0.25) is 0 Å². The second-order valence-corrected chi connectivity index (χ2v) is 6.86. The Labute approximate surface area is 131 Å². The fourth-order valence-electron chi connectivity index (χ4n) is 4.00. The van der Waals surface area contributed by atoms with Crippen LogP contribution in [0.4, 0.5) is 10.5 Å². The van der Waals surface area contributed by atoms with Crippen molar-refractivity contribution in [2.75, 3.05) is 31.1 Å². The van der Waals surface area contributed by atoms with Crippen molar-refractivity contribution in [1.29, 1.82) is 0 Å². The summed E-state index contributed by atoms with van der Waals surface area (Å²) in [5.41, 5.74) is 3.78. The normalized spacial score (nSPS) is 27.1. The summed E-state index contributed by atoms with van der Waals surface area (Å²) < 4.78 is 6.76. The number of nitrogens with zero attached hydrogens (tertiary/aromatic N) is 2. The molecule has 112 valence electrons. The Morgan fingerprint density at radius 1 is 1.38 bits per heavy atom. The molecule has 0 radical (unpaired) electrons. The number of hydrogen-bond donors (Lipinski definition) is 1. The number of likely N-dealkylation sites (tertiary alicyclic amines) is 1. The summed E-state index contributed by atoms with van der Waals surface area (Å²) in [4.78, 5) is 15.3. The number of fused-ring (bicyclic) bond motifs is 3. The molecule has 2 atom stereocenters. The average Bonchev–Trinajstić information content (AvgIpc) is 2.62. The number of amides is 1. The van der Waals surface area contributed by atoms with Crippen LogP contribution in [-0.2, 0) is 11.3 Å². The number of anilines is 1. The number of benzene rings is 1. The van der Waals surface area contributed by atoms with Gasteiger partial charge in [0.25, 0.3) is 0 Å². The summed E-state index contributed by atoms with van der Waals surface area (Å²) in [6.45, 7) is 3.49. The highest BCUT2D eigenvalue weighted by Gasteiger charge is 2.44. The van der Waals surface area contributed by atoms with E-state index in [1.165, 1.54) is 16.8 Å². The van der Waals surface area contributed by atoms with Crippen molar-refractivity contribution in [3.05, 3.63) is 27.7 Å². The van der Waals surface area contributed by atoms with Gasteiger partial charge in [0, 0.05) is 47.3 Å². The topological polar surface area (TPSA) is 53.0 Å². The van der Waals surface area contributed by atoms with Crippen LogP contribution in [0.5, 0.6) is 0 Å². The molecule has 1 saturated heterocycles. The lowest BCUT2D eigenvalue weighted by Crippen LogP contribution is -2.48. The minimum Gasteiger partial charge on any atom is -0.465 e. The molecule has 0 unspecified atom stereocenters. The van der Waals surface area contributed by atoms with Gasteiger partial charge in [-0.2, -0.15) is 0 Å². The molecule has 0 saturated carbocycles. The van der Waals surface area contributed by atoms with Crippen LogP contribution in [0, 0.1) is 0 Å². The van der Waals surface area contributed by atoms with Gasteiger partial charge in [-0.05, 0) is 24.1 Å². The summed E-state index contributed by atoms with van der Waals surface area (Å²) in [6.07, 6.45) is 0.0852. The van der Waals surface area contributed by atoms with E-state index in [1.54, 1.807) is 4.90 Å². The van der Waals surface area contributed by atoms with Crippen LogP contribution in [0.1, 0.15) is 23.5 Å². The van der Waals surface area contributed by atoms with Crippen molar-refractivity contribution in [3.63, 3.8) is 0 Å². The predicted octanol–water partition coefficient (Wildman–Crippen LogP) is 2.64. The molecule has 3 aliphatic heterocycles. The van der Waals surface area contributed by atoms with Crippen LogP contribution in [-0.4, -0.2) is 48.4 Å². The lowest BCUT2D eigenvalue weighted by atomic mass is 9.89. The SMILES string of the molecule is O=C(O)N1CC[C@H]2[C@@H](C1)c1cc(Br)cc3c1N2CCOC3. The molecule has 4 rings (SSSR count). The lowest BCUT2D eigenvalue weighted by Gasteiger charge is -2.37. The van der Waals surface area contributed by atoms with Gasteiger partial charge in [-0.3, -0.25) is 0 Å². The Bertz CT molecular complexity index is 607. The highest BCUT2D eigenvalue weighted by Crippen LogP contribution is 2.48. The monoisotopic (exact) mass is 352 g/mol. The zero-order valence-corrected chi connectivity index (χ0v) is 13.2. The van der Waals surface area contributed by atoms with Gasteiger partial charge in [-0.25, -0.2) is 4.79 Å². The third kappa shape index (κ3) is 2.04. The van der Waals surface area contributed by atoms with Gasteiger partial charge in [0.15, 0.2) is 0 Å². The minimum atomic E-state index is -0.806. The van der Waals surface area contributed by atoms with Gasteiger partial charge in [0.05, 0.1) is 13.2 Å². The van der Waals surface area contributed by atoms with Crippen LogP contribution >= 0.6 is 15.9 Å². The molecule has 0 bridgehead atoms. The zero-order chi connectivity index (χ0) is 14.6. The molecule has 1 N–H and O–H groups in total. The number of carboxylic acid groups (broad SMARTS) is 1. The molecule has 0 aliphatic carbocycles. The Hall–Kier alpha value is -1.27. The van der Waals surface area contributed by atoms with Crippen molar-refractivity contribution < 1.29 is 14.6 Å². The van der Waals surface area contributed by atoms with E-state index in [2.05, 4.69) is 33.0 Å². The Morgan fingerprint density at radius 2 is 2.24 bits per heavy atom. The molecule has 5 nitrogen and oxygen atoms in total. The maximum absolute atomic E-state index is 11.3. The maximum Gasteiger partial charge on any atom is 0.407 e. The lowest BCUT2D eigenvalue weighted by molar-refractivity contribution is 0.120. The first-order valence-corrected chi connectivity index (χ1v) is 8.09. The number of carbonyl (C=O) groups is 1. The van der Waals surface area contributed by atoms with E-state index < -0.39 is 6.09 Å². The number of hydrogen-bond acceptors (Lipinski definition) is 3. The molecule has 1 amide bonds. The van der Waals surface area contributed by atoms with Gasteiger partial charge in [-0.1, -0.05) is 15.9 Å². The van der Waals surface area contributed by atoms with Gasteiger partial charge in [0.2, 0.25) is 0 Å². The van der Waals surface area contributed by atoms with Crippen molar-refractivity contribution >= 4 is 27.7 Å². The molecular formula is C15H17BrN2O3. The quantitative estimate of drug-likeness (QED) is 0.779. The van der Waals surface area contributed by atoms with E-state index in [-0.39, 0.29) is 5.92 Å². The Morgan fingerprint density at radius 3 is 3.05 bits per heavy atom. The molecule has 1 fully saturated rings. The largest absolute Gasteiger partial charge is 0.465 e. The summed E-state index contributed by atoms with van der Waals surface area (Å²) in [6, 6.07) is 4.70. The summed E-state index contributed by atoms with van der Waals surface area (Å²) >= 11 is 3.58. The molecule has 6 heteroatoms. The van der Waals surface area contributed by atoms with Crippen molar-refractivity contribution in [2.45, 2.75) is 25.0 Å². The number of rotatable bonds is 0. The van der Waals surface area contributed by atoms with Crippen LogP contribution in [0.25, 0.3) is 0 Å². The smallest absolute Gasteiger partial charge is 0.407 e. The molecule has 1 aromatic carbocycles. The van der Waals surface area contributed by atoms with E-state index in [0.717, 1.165) is 24.0 Å². The zero-order valence-electron chi connectivity index (χ0n) is 11.6. The van der Waals surface area contributed by atoms with E-state index in [4.69, 9.17) is 4.74 Å². The first-order chi connectivity index (χ1) is 10.1. The van der Waals surface area contributed by atoms with Gasteiger partial charge in [0.1, 0.15) is 0 Å². The van der Waals surface area contributed by atoms with E-state index in [1.807, 2.05) is 0 Å². The van der Waals surface area contributed by atoms with E-state index in [0.29, 0.717) is 25.7 Å². The van der Waals surface area contributed by atoms with E-state index >= 15 is 0 Å². The Kier molecular flexibility index (Phi) is 3.11. The van der Waals surface area contributed by atoms with Crippen LogP contribution in [0.3, 0.4) is 0 Å². The summed E-state index contributed by atoms with van der Waals surface area (Å²) in [5.74, 6) is 0.277. The highest BCUT2D eigenvalue weighted by atomic mass is 79.9. The number of piperidine rings is 1. The fraction of sp³-hybridized carbons (Fsp3) is 0.533. The van der Waals surface area contributed by atoms with Crippen molar-refractivity contribution in [1.82, 2.24) is 4.90 Å². The second-order valence-electron chi connectivity index (χ2n) is 5.94. The average molecular weight is 353 g/mol. The number of halogens is 1. The third-order valence-electron chi connectivity index (χ3n) is 4.85. The molecule has 21 heavy (non-hydrogen) atoms. The fourth-order valence-corrected chi connectivity index (χ4v) is 4.53. The molecular weight excluding hydrogens is 336 g/mol. The van der Waals surface area contributed by atoms with Gasteiger partial charge < -0.3 is 19.6 Å². The van der Waals surface area contributed by atoms with Crippen molar-refractivity contribution in [3.8, 4) is 0 Å². The number of ether oxygens (including phenoxy) is 1. The van der Waals surface area contributed by atoms with Crippen LogP contribution in [0.15, 0.2) is 16.6 Å². The predicted molar refractivity (Wildman–Crippen MR) is 81.9 cm³/mol. The highest BCUT2D eigenvalue weighted by molar-refractivity contribution is 9.10. The first kappa shape index (κ1) is 13.4. The molecule has 3 aliphatic rings. The first-order valence-electron chi connectivity index (χ1n) is 7.29. The van der Waals surface area contributed by atoms with Crippen molar-refractivity contribution in [2.24, 2.45) is 0 Å². The molecule has 0 spiro atoms. The van der Waals surface area contributed by atoms with Gasteiger partial charge >= 0.3 is 6.09 Å². The molecule has 1 aromatic rings.